The Bertz CT molecular complexity index is 1070. The van der Waals surface area contributed by atoms with E-state index in [0.29, 0.717) is 23.3 Å². The van der Waals surface area contributed by atoms with Crippen molar-refractivity contribution < 1.29 is 14.1 Å². The van der Waals surface area contributed by atoms with Gasteiger partial charge in [-0.2, -0.15) is 0 Å². The average Bonchev–Trinajstić information content (AvgIpc) is 3.13. The van der Waals surface area contributed by atoms with Gasteiger partial charge in [0.2, 0.25) is 0 Å². The highest BCUT2D eigenvalue weighted by Crippen LogP contribution is 2.23. The van der Waals surface area contributed by atoms with Crippen molar-refractivity contribution in [1.29, 1.82) is 0 Å². The van der Waals surface area contributed by atoms with Crippen molar-refractivity contribution in [3.63, 3.8) is 0 Å². The van der Waals surface area contributed by atoms with Crippen LogP contribution in [0.1, 0.15) is 21.7 Å². The van der Waals surface area contributed by atoms with Gasteiger partial charge in [-0.25, -0.2) is 4.39 Å². The van der Waals surface area contributed by atoms with Crippen LogP contribution in [0, 0.1) is 15.9 Å². The van der Waals surface area contributed by atoms with Crippen LogP contribution in [0.4, 0.5) is 10.1 Å². The lowest BCUT2D eigenvalue weighted by molar-refractivity contribution is -0.384. The van der Waals surface area contributed by atoms with Gasteiger partial charge in [-0.1, -0.05) is 42.1 Å². The highest BCUT2D eigenvalue weighted by Gasteiger charge is 2.15. The number of nitro benzene ring substituents is 1. The number of carbonyl (C=O) groups excluding carboxylic acids is 1. The number of non-ortho nitro benzene ring substituents is 1. The Labute approximate surface area is 176 Å². The highest BCUT2D eigenvalue weighted by atomic mass is 32.2. The lowest BCUT2D eigenvalue weighted by Crippen LogP contribution is -2.25. The van der Waals surface area contributed by atoms with E-state index in [2.05, 4.69) is 22.1 Å². The molecule has 1 aromatic heterocycles. The molecule has 0 aliphatic rings. The molecule has 0 aliphatic carbocycles. The number of thioether (sulfide) groups is 1. The van der Waals surface area contributed by atoms with E-state index < -0.39 is 16.6 Å². The summed E-state index contributed by atoms with van der Waals surface area (Å²) in [5, 5.41) is 22.3. The first-order valence-corrected chi connectivity index (χ1v) is 9.90. The van der Waals surface area contributed by atoms with E-state index >= 15 is 0 Å². The van der Waals surface area contributed by atoms with Crippen LogP contribution in [0.25, 0.3) is 0 Å². The number of halogens is 1. The summed E-state index contributed by atoms with van der Waals surface area (Å²) in [4.78, 5) is 22.5. The van der Waals surface area contributed by atoms with E-state index in [4.69, 9.17) is 0 Å². The first-order valence-electron chi connectivity index (χ1n) is 8.91. The third kappa shape index (κ3) is 5.09. The SMILES string of the molecule is C=CCn1c(CNC(=O)c2ccccc2F)nnc1SCc1ccc([N+](=O)[O-])cc1. The summed E-state index contributed by atoms with van der Waals surface area (Å²) in [6.45, 7) is 4.24. The minimum absolute atomic E-state index is 0.0338. The molecule has 0 aliphatic heterocycles. The molecule has 1 heterocycles. The molecule has 30 heavy (non-hydrogen) atoms. The first kappa shape index (κ1) is 21.2. The minimum Gasteiger partial charge on any atom is -0.345 e. The van der Waals surface area contributed by atoms with Crippen molar-refractivity contribution >= 4 is 23.4 Å². The topological polar surface area (TPSA) is 103 Å². The molecule has 2 aromatic carbocycles. The number of nitrogens with one attached hydrogen (secondary N) is 1. The van der Waals surface area contributed by atoms with E-state index in [1.807, 2.05) is 0 Å². The summed E-state index contributed by atoms with van der Waals surface area (Å²) in [5.74, 6) is -0.0940. The maximum Gasteiger partial charge on any atom is 0.269 e. The average molecular weight is 427 g/mol. The van der Waals surface area contributed by atoms with Gasteiger partial charge in [-0.15, -0.1) is 16.8 Å². The van der Waals surface area contributed by atoms with Crippen LogP contribution in [-0.2, 0) is 18.8 Å². The maximum atomic E-state index is 13.8. The molecule has 0 fully saturated rings. The smallest absolute Gasteiger partial charge is 0.269 e. The molecule has 0 radical (unpaired) electrons. The second-order valence-corrected chi connectivity index (χ2v) is 7.12. The number of benzene rings is 2. The Morgan fingerprint density at radius 2 is 1.97 bits per heavy atom. The molecular formula is C20H18FN5O3S. The Morgan fingerprint density at radius 1 is 1.23 bits per heavy atom. The van der Waals surface area contributed by atoms with E-state index in [-0.39, 0.29) is 17.8 Å². The largest absolute Gasteiger partial charge is 0.345 e. The van der Waals surface area contributed by atoms with Crippen molar-refractivity contribution in [3.8, 4) is 0 Å². The summed E-state index contributed by atoms with van der Waals surface area (Å²) in [7, 11) is 0. The van der Waals surface area contributed by atoms with Gasteiger partial charge >= 0.3 is 0 Å². The molecule has 3 rings (SSSR count). The lowest BCUT2D eigenvalue weighted by Gasteiger charge is -2.09. The van der Waals surface area contributed by atoms with Crippen LogP contribution in [0.15, 0.2) is 66.3 Å². The number of hydrogen-bond acceptors (Lipinski definition) is 6. The number of allylic oxidation sites excluding steroid dienone is 1. The Hall–Kier alpha value is -3.53. The van der Waals surface area contributed by atoms with Gasteiger partial charge < -0.3 is 9.88 Å². The molecule has 0 unspecified atom stereocenters. The quantitative estimate of drug-likeness (QED) is 0.242. The predicted octanol–water partition coefficient (Wildman–Crippen LogP) is 3.73. The van der Waals surface area contributed by atoms with Crippen LogP contribution in [0.3, 0.4) is 0 Å². The zero-order valence-electron chi connectivity index (χ0n) is 15.8. The van der Waals surface area contributed by atoms with E-state index in [1.165, 1.54) is 42.1 Å². The normalized spacial score (nSPS) is 10.6. The van der Waals surface area contributed by atoms with Gasteiger partial charge in [0.1, 0.15) is 5.82 Å². The molecule has 0 spiro atoms. The fraction of sp³-hybridized carbons (Fsp3) is 0.150. The molecule has 3 aromatic rings. The standard InChI is InChI=1S/C20H18FN5O3S/c1-2-11-25-18(12-22-19(27)16-5-3-4-6-17(16)21)23-24-20(25)30-13-14-7-9-15(10-8-14)26(28)29/h2-10H,1,11-13H2,(H,22,27). The fourth-order valence-electron chi connectivity index (χ4n) is 2.63. The molecule has 10 heteroatoms. The van der Waals surface area contributed by atoms with Gasteiger partial charge in [-0.05, 0) is 17.7 Å². The zero-order chi connectivity index (χ0) is 21.5. The molecule has 8 nitrogen and oxygen atoms in total. The van der Waals surface area contributed by atoms with E-state index in [0.717, 1.165) is 5.56 Å². The van der Waals surface area contributed by atoms with Crippen LogP contribution in [0.2, 0.25) is 0 Å². The fourth-order valence-corrected chi connectivity index (χ4v) is 3.55. The Morgan fingerprint density at radius 3 is 2.63 bits per heavy atom. The van der Waals surface area contributed by atoms with Gasteiger partial charge in [0.05, 0.1) is 17.0 Å². The Kier molecular flexibility index (Phi) is 6.91. The summed E-state index contributed by atoms with van der Waals surface area (Å²) < 4.78 is 15.5. The molecular weight excluding hydrogens is 409 g/mol. The number of nitrogens with zero attached hydrogens (tertiary/aromatic N) is 4. The number of amides is 1. The van der Waals surface area contributed by atoms with E-state index in [9.17, 15) is 19.3 Å². The van der Waals surface area contributed by atoms with Crippen molar-refractivity contribution in [3.05, 3.63) is 94.1 Å². The van der Waals surface area contributed by atoms with Crippen molar-refractivity contribution in [2.45, 2.75) is 24.0 Å². The van der Waals surface area contributed by atoms with Gasteiger partial charge in [0, 0.05) is 24.4 Å². The third-order valence-corrected chi connectivity index (χ3v) is 5.18. The molecule has 1 N–H and O–H groups in total. The molecule has 0 saturated heterocycles. The molecule has 0 bridgehead atoms. The van der Waals surface area contributed by atoms with Gasteiger partial charge in [-0.3, -0.25) is 14.9 Å². The second kappa shape index (κ2) is 9.79. The van der Waals surface area contributed by atoms with E-state index in [1.54, 1.807) is 28.8 Å². The summed E-state index contributed by atoms with van der Waals surface area (Å²) >= 11 is 1.41. The number of rotatable bonds is 9. The summed E-state index contributed by atoms with van der Waals surface area (Å²) in [6.07, 6.45) is 1.68. The second-order valence-electron chi connectivity index (χ2n) is 6.17. The van der Waals surface area contributed by atoms with Crippen LogP contribution in [0.5, 0.6) is 0 Å². The first-order chi connectivity index (χ1) is 14.5. The zero-order valence-corrected chi connectivity index (χ0v) is 16.6. The molecule has 154 valence electrons. The van der Waals surface area contributed by atoms with Crippen LogP contribution in [-0.4, -0.2) is 25.6 Å². The molecule has 1 amide bonds. The van der Waals surface area contributed by atoms with Crippen LogP contribution >= 0.6 is 11.8 Å². The predicted molar refractivity (Wildman–Crippen MR) is 110 cm³/mol. The number of nitro groups is 1. The van der Waals surface area contributed by atoms with Crippen molar-refractivity contribution in [2.75, 3.05) is 0 Å². The monoisotopic (exact) mass is 427 g/mol. The lowest BCUT2D eigenvalue weighted by atomic mass is 10.2. The number of aromatic nitrogens is 3. The number of hydrogen-bond donors (Lipinski definition) is 1. The maximum absolute atomic E-state index is 13.8. The third-order valence-electron chi connectivity index (χ3n) is 4.15. The number of carbonyl (C=O) groups is 1. The van der Waals surface area contributed by atoms with Crippen molar-refractivity contribution in [2.24, 2.45) is 0 Å². The summed E-state index contributed by atoms with van der Waals surface area (Å²) in [5.41, 5.74) is 0.889. The van der Waals surface area contributed by atoms with Crippen LogP contribution < -0.4 is 5.32 Å². The highest BCUT2D eigenvalue weighted by molar-refractivity contribution is 7.98. The Balaban J connectivity index is 1.67. The van der Waals surface area contributed by atoms with Crippen molar-refractivity contribution in [1.82, 2.24) is 20.1 Å². The molecule has 0 atom stereocenters. The molecule has 0 saturated carbocycles. The van der Waals surface area contributed by atoms with Gasteiger partial charge in [0.25, 0.3) is 11.6 Å². The minimum atomic E-state index is -0.595. The summed E-state index contributed by atoms with van der Waals surface area (Å²) in [6, 6.07) is 12.0. The van der Waals surface area contributed by atoms with Gasteiger partial charge in [0.15, 0.2) is 11.0 Å².